The predicted molar refractivity (Wildman–Crippen MR) is 93.6 cm³/mol. The molecule has 1 amide bonds. The van der Waals surface area contributed by atoms with Crippen LogP contribution in [0.5, 0.6) is 5.88 Å². The van der Waals surface area contributed by atoms with E-state index in [2.05, 4.69) is 20.7 Å². The monoisotopic (exact) mass is 353 g/mol. The number of benzene rings is 2. The Balaban J connectivity index is 1.85. The summed E-state index contributed by atoms with van der Waals surface area (Å²) in [7, 11) is 1.49. The van der Waals surface area contributed by atoms with E-state index in [-0.39, 0.29) is 24.0 Å². The van der Waals surface area contributed by atoms with Gasteiger partial charge in [0.25, 0.3) is 11.8 Å². The molecule has 0 aliphatic carbocycles. The zero-order chi connectivity index (χ0) is 18.4. The summed E-state index contributed by atoms with van der Waals surface area (Å²) in [4.78, 5) is 13.1. The third kappa shape index (κ3) is 4.10. The Morgan fingerprint density at radius 3 is 2.65 bits per heavy atom. The minimum atomic E-state index is -0.434. The van der Waals surface area contributed by atoms with Crippen molar-refractivity contribution in [2.24, 2.45) is 5.10 Å². The van der Waals surface area contributed by atoms with Crippen LogP contribution in [-0.2, 0) is 6.61 Å². The molecule has 0 aliphatic rings. The van der Waals surface area contributed by atoms with Gasteiger partial charge in [-0.25, -0.2) is 4.39 Å². The molecule has 0 unspecified atom stereocenters. The molecule has 7 nitrogen and oxygen atoms in total. The molecule has 132 valence electrons. The fourth-order valence-electron chi connectivity index (χ4n) is 2.12. The second-order valence-corrected chi connectivity index (χ2v) is 5.28. The van der Waals surface area contributed by atoms with Gasteiger partial charge >= 0.3 is 0 Å². The van der Waals surface area contributed by atoms with E-state index in [9.17, 15) is 9.18 Å². The Bertz CT molecular complexity index is 907. The van der Waals surface area contributed by atoms with Gasteiger partial charge in [0.05, 0.1) is 6.21 Å². The van der Waals surface area contributed by atoms with Crippen LogP contribution in [0.15, 0.2) is 59.7 Å². The van der Waals surface area contributed by atoms with Crippen molar-refractivity contribution in [2.45, 2.75) is 6.61 Å². The molecule has 0 saturated heterocycles. The van der Waals surface area contributed by atoms with Gasteiger partial charge in [-0.3, -0.25) is 4.79 Å². The maximum atomic E-state index is 13.0. The normalized spacial score (nSPS) is 10.8. The van der Waals surface area contributed by atoms with Crippen LogP contribution >= 0.6 is 0 Å². The Morgan fingerprint density at radius 2 is 1.96 bits per heavy atom. The van der Waals surface area contributed by atoms with Crippen LogP contribution in [0.4, 0.5) is 4.39 Å². The Morgan fingerprint density at radius 1 is 1.23 bits per heavy atom. The van der Waals surface area contributed by atoms with Crippen LogP contribution in [0.2, 0.25) is 0 Å². The van der Waals surface area contributed by atoms with Crippen LogP contribution in [0, 0.1) is 5.82 Å². The van der Waals surface area contributed by atoms with E-state index in [0.717, 1.165) is 10.4 Å². The fourth-order valence-corrected chi connectivity index (χ4v) is 2.12. The number of aromatic nitrogens is 3. The van der Waals surface area contributed by atoms with Gasteiger partial charge in [0.1, 0.15) is 12.4 Å². The molecule has 0 fully saturated rings. The smallest absolute Gasteiger partial charge is 0.277 e. The van der Waals surface area contributed by atoms with Crippen LogP contribution in [0.3, 0.4) is 0 Å². The first-order valence-corrected chi connectivity index (χ1v) is 7.82. The molecular weight excluding hydrogens is 337 g/mol. The average molecular weight is 353 g/mol. The maximum Gasteiger partial charge on any atom is 0.277 e. The van der Waals surface area contributed by atoms with Crippen molar-refractivity contribution in [2.75, 3.05) is 7.05 Å². The standard InChI is InChI=1S/C18H16FN5O2/c1-20-17(25)16-18(26-12-14-5-3-2-4-6-14)24(23-22-16)21-11-13-7-9-15(19)10-8-13/h2-11H,12H2,1H3,(H,20,25). The number of hydrogen-bond acceptors (Lipinski definition) is 5. The van der Waals surface area contributed by atoms with Crippen molar-refractivity contribution in [3.8, 4) is 5.88 Å². The zero-order valence-corrected chi connectivity index (χ0v) is 14.0. The largest absolute Gasteiger partial charge is 0.470 e. The lowest BCUT2D eigenvalue weighted by molar-refractivity contribution is 0.0953. The summed E-state index contributed by atoms with van der Waals surface area (Å²) < 4.78 is 18.7. The molecule has 3 rings (SSSR count). The lowest BCUT2D eigenvalue weighted by Gasteiger charge is -2.07. The molecule has 0 saturated carbocycles. The van der Waals surface area contributed by atoms with Gasteiger partial charge in [-0.1, -0.05) is 47.3 Å². The first-order valence-electron chi connectivity index (χ1n) is 7.82. The number of carbonyl (C=O) groups is 1. The highest BCUT2D eigenvalue weighted by Crippen LogP contribution is 2.17. The minimum Gasteiger partial charge on any atom is -0.470 e. The summed E-state index contributed by atoms with van der Waals surface area (Å²) in [5.41, 5.74) is 1.61. The number of nitrogens with one attached hydrogen (secondary N) is 1. The van der Waals surface area contributed by atoms with Crippen LogP contribution in [-0.4, -0.2) is 34.3 Å². The van der Waals surface area contributed by atoms with E-state index in [1.165, 1.54) is 25.4 Å². The molecule has 2 aromatic carbocycles. The highest BCUT2D eigenvalue weighted by Gasteiger charge is 2.20. The zero-order valence-electron chi connectivity index (χ0n) is 14.0. The van der Waals surface area contributed by atoms with Crippen LogP contribution < -0.4 is 10.1 Å². The van der Waals surface area contributed by atoms with Gasteiger partial charge in [0.15, 0.2) is 0 Å². The topological polar surface area (TPSA) is 81.4 Å². The van der Waals surface area contributed by atoms with Gasteiger partial charge in [0, 0.05) is 7.05 Å². The molecule has 1 aromatic heterocycles. The first-order chi connectivity index (χ1) is 12.7. The number of amides is 1. The second kappa shape index (κ2) is 8.02. The van der Waals surface area contributed by atoms with Crippen molar-refractivity contribution in [3.05, 3.63) is 77.2 Å². The number of nitrogens with zero attached hydrogens (tertiary/aromatic N) is 4. The molecule has 1 heterocycles. The summed E-state index contributed by atoms with van der Waals surface area (Å²) >= 11 is 0. The van der Waals surface area contributed by atoms with Gasteiger partial charge < -0.3 is 10.1 Å². The summed E-state index contributed by atoms with van der Waals surface area (Å²) in [6.07, 6.45) is 1.47. The second-order valence-electron chi connectivity index (χ2n) is 5.28. The molecule has 0 spiro atoms. The lowest BCUT2D eigenvalue weighted by atomic mass is 10.2. The van der Waals surface area contributed by atoms with E-state index < -0.39 is 5.91 Å². The SMILES string of the molecule is CNC(=O)c1nnn(N=Cc2ccc(F)cc2)c1OCc1ccccc1. The van der Waals surface area contributed by atoms with E-state index >= 15 is 0 Å². The predicted octanol–water partition coefficient (Wildman–Crippen LogP) is 2.24. The molecule has 0 atom stereocenters. The van der Waals surface area contributed by atoms with E-state index in [4.69, 9.17) is 4.74 Å². The summed E-state index contributed by atoms with van der Waals surface area (Å²) in [5, 5.41) is 14.3. The first kappa shape index (κ1) is 17.3. The number of ether oxygens (including phenoxy) is 1. The molecule has 0 aliphatic heterocycles. The third-order valence-corrected chi connectivity index (χ3v) is 3.46. The molecule has 0 bridgehead atoms. The van der Waals surface area contributed by atoms with Crippen LogP contribution in [0.25, 0.3) is 0 Å². The minimum absolute atomic E-state index is 0.0275. The Labute approximate surface area is 149 Å². The highest BCUT2D eigenvalue weighted by molar-refractivity contribution is 5.94. The van der Waals surface area contributed by atoms with E-state index in [1.807, 2.05) is 30.3 Å². The van der Waals surface area contributed by atoms with Gasteiger partial charge in [-0.15, -0.1) is 5.10 Å². The van der Waals surface area contributed by atoms with Crippen molar-refractivity contribution >= 4 is 12.1 Å². The highest BCUT2D eigenvalue weighted by atomic mass is 19.1. The fraction of sp³-hybridized carbons (Fsp3) is 0.111. The van der Waals surface area contributed by atoms with E-state index in [0.29, 0.717) is 5.56 Å². The number of halogens is 1. The lowest BCUT2D eigenvalue weighted by Crippen LogP contribution is -2.19. The summed E-state index contributed by atoms with van der Waals surface area (Å²) in [6, 6.07) is 15.3. The molecule has 1 N–H and O–H groups in total. The quantitative estimate of drug-likeness (QED) is 0.689. The van der Waals surface area contributed by atoms with Gasteiger partial charge in [-0.2, -0.15) is 5.10 Å². The number of hydrogen-bond donors (Lipinski definition) is 1. The third-order valence-electron chi connectivity index (χ3n) is 3.46. The molecule has 3 aromatic rings. The number of rotatable bonds is 6. The average Bonchev–Trinajstić information content (AvgIpc) is 3.09. The summed E-state index contributed by atoms with van der Waals surface area (Å²) in [5.74, 6) is -0.653. The van der Waals surface area contributed by atoms with Crippen molar-refractivity contribution < 1.29 is 13.9 Å². The van der Waals surface area contributed by atoms with Crippen molar-refractivity contribution in [1.82, 2.24) is 20.4 Å². The van der Waals surface area contributed by atoms with E-state index in [1.54, 1.807) is 12.1 Å². The van der Waals surface area contributed by atoms with Gasteiger partial charge in [-0.05, 0) is 28.5 Å². The molecule has 0 radical (unpaired) electrons. The summed E-state index contributed by atoms with van der Waals surface area (Å²) in [6.45, 7) is 0.226. The Hall–Kier alpha value is -3.55. The van der Waals surface area contributed by atoms with Gasteiger partial charge in [0.2, 0.25) is 5.69 Å². The van der Waals surface area contributed by atoms with Crippen molar-refractivity contribution in [1.29, 1.82) is 0 Å². The molecular formula is C18H16FN5O2. The maximum absolute atomic E-state index is 13.0. The molecule has 8 heteroatoms. The Kier molecular flexibility index (Phi) is 5.33. The molecule has 26 heavy (non-hydrogen) atoms. The van der Waals surface area contributed by atoms with Crippen molar-refractivity contribution in [3.63, 3.8) is 0 Å². The van der Waals surface area contributed by atoms with Crippen LogP contribution in [0.1, 0.15) is 21.6 Å². The number of carbonyl (C=O) groups excluding carboxylic acids is 1.